The van der Waals surface area contributed by atoms with Gasteiger partial charge in [0.15, 0.2) is 6.29 Å². The molecule has 0 saturated heterocycles. The largest absolute Gasteiger partial charge is 0.416 e. The zero-order valence-electron chi connectivity index (χ0n) is 11.2. The van der Waals surface area contributed by atoms with Gasteiger partial charge in [0.1, 0.15) is 0 Å². The van der Waals surface area contributed by atoms with Crippen LogP contribution in [0.1, 0.15) is 22.3 Å². The standard InChI is InChI=1S/C18H9F3O/c19-18(20,21)17-11-9-16(10-12-17)8-7-15-5-3-14(4-6-15)2-1-13-22/h3-6,9-13H. The van der Waals surface area contributed by atoms with Crippen LogP contribution in [0.4, 0.5) is 13.2 Å². The zero-order valence-corrected chi connectivity index (χ0v) is 11.2. The number of hydrogen-bond donors (Lipinski definition) is 0. The summed E-state index contributed by atoms with van der Waals surface area (Å²) >= 11 is 0. The number of aldehydes is 1. The van der Waals surface area contributed by atoms with Crippen LogP contribution in [0.15, 0.2) is 48.5 Å². The molecule has 0 aromatic heterocycles. The molecule has 0 aliphatic heterocycles. The van der Waals surface area contributed by atoms with E-state index in [0.717, 1.165) is 12.1 Å². The van der Waals surface area contributed by atoms with E-state index < -0.39 is 11.7 Å². The van der Waals surface area contributed by atoms with Crippen LogP contribution in [0.2, 0.25) is 0 Å². The lowest BCUT2D eigenvalue weighted by Gasteiger charge is -2.05. The van der Waals surface area contributed by atoms with Crippen molar-refractivity contribution in [2.45, 2.75) is 6.18 Å². The second-order valence-corrected chi connectivity index (χ2v) is 4.29. The second-order valence-electron chi connectivity index (χ2n) is 4.29. The summed E-state index contributed by atoms with van der Waals surface area (Å²) in [6, 6.07) is 11.6. The van der Waals surface area contributed by atoms with Gasteiger partial charge in [-0.05, 0) is 54.5 Å². The van der Waals surface area contributed by atoms with Crippen LogP contribution in [-0.4, -0.2) is 6.29 Å². The Morgan fingerprint density at radius 1 is 0.727 bits per heavy atom. The maximum atomic E-state index is 12.4. The number of carbonyl (C=O) groups excluding carboxylic acids is 1. The van der Waals surface area contributed by atoms with E-state index in [1.165, 1.54) is 12.1 Å². The highest BCUT2D eigenvalue weighted by Crippen LogP contribution is 2.28. The van der Waals surface area contributed by atoms with Gasteiger partial charge in [-0.2, -0.15) is 13.2 Å². The molecule has 0 atom stereocenters. The first-order valence-corrected chi connectivity index (χ1v) is 6.23. The number of benzene rings is 2. The summed E-state index contributed by atoms with van der Waals surface area (Å²) in [6.45, 7) is 0. The molecule has 2 aromatic carbocycles. The van der Waals surface area contributed by atoms with E-state index in [-0.39, 0.29) is 0 Å². The van der Waals surface area contributed by atoms with Gasteiger partial charge in [0.25, 0.3) is 0 Å². The number of rotatable bonds is 0. The van der Waals surface area contributed by atoms with Crippen molar-refractivity contribution in [2.24, 2.45) is 0 Å². The SMILES string of the molecule is O=CC#Cc1ccc(C#Cc2ccc(C(F)(F)F)cc2)cc1. The molecule has 108 valence electrons. The minimum Gasteiger partial charge on any atom is -0.289 e. The van der Waals surface area contributed by atoms with E-state index in [1.54, 1.807) is 24.3 Å². The molecular formula is C18H9F3O. The molecule has 2 rings (SSSR count). The second kappa shape index (κ2) is 6.65. The maximum absolute atomic E-state index is 12.4. The Labute approximate surface area is 125 Å². The molecule has 0 amide bonds. The van der Waals surface area contributed by atoms with Crippen LogP contribution < -0.4 is 0 Å². The van der Waals surface area contributed by atoms with Crippen LogP contribution >= 0.6 is 0 Å². The first kappa shape index (κ1) is 15.4. The van der Waals surface area contributed by atoms with Gasteiger partial charge in [-0.1, -0.05) is 17.8 Å². The monoisotopic (exact) mass is 298 g/mol. The highest BCUT2D eigenvalue weighted by Gasteiger charge is 2.29. The molecule has 0 radical (unpaired) electrons. The Morgan fingerprint density at radius 2 is 1.14 bits per heavy atom. The van der Waals surface area contributed by atoms with E-state index in [2.05, 4.69) is 23.7 Å². The summed E-state index contributed by atoms with van der Waals surface area (Å²) in [7, 11) is 0. The highest BCUT2D eigenvalue weighted by molar-refractivity contribution is 5.74. The summed E-state index contributed by atoms with van der Waals surface area (Å²) < 4.78 is 37.3. The first-order valence-electron chi connectivity index (χ1n) is 6.23. The van der Waals surface area contributed by atoms with E-state index in [9.17, 15) is 18.0 Å². The average Bonchev–Trinajstić information content (AvgIpc) is 2.51. The number of halogens is 3. The molecule has 1 nitrogen and oxygen atoms in total. The van der Waals surface area contributed by atoms with Crippen LogP contribution in [0, 0.1) is 23.7 Å². The molecule has 0 saturated carbocycles. The Balaban J connectivity index is 2.14. The molecule has 0 N–H and O–H groups in total. The summed E-state index contributed by atoms with van der Waals surface area (Å²) in [4.78, 5) is 10.1. The van der Waals surface area contributed by atoms with E-state index in [0.29, 0.717) is 23.0 Å². The normalized spacial score (nSPS) is 9.95. The molecule has 0 aliphatic rings. The van der Waals surface area contributed by atoms with Crippen molar-refractivity contribution in [1.82, 2.24) is 0 Å². The minimum absolute atomic E-state index is 0.498. The van der Waals surface area contributed by atoms with E-state index in [4.69, 9.17) is 0 Å². The van der Waals surface area contributed by atoms with Crippen molar-refractivity contribution < 1.29 is 18.0 Å². The molecule has 4 heteroatoms. The van der Waals surface area contributed by atoms with Crippen molar-refractivity contribution in [1.29, 1.82) is 0 Å². The number of carbonyl (C=O) groups is 1. The molecule has 0 spiro atoms. The molecule has 0 bridgehead atoms. The third kappa shape index (κ3) is 4.26. The van der Waals surface area contributed by atoms with E-state index >= 15 is 0 Å². The fourth-order valence-electron chi connectivity index (χ4n) is 1.64. The number of hydrogen-bond acceptors (Lipinski definition) is 1. The smallest absolute Gasteiger partial charge is 0.289 e. The van der Waals surface area contributed by atoms with Gasteiger partial charge >= 0.3 is 6.18 Å². The van der Waals surface area contributed by atoms with Gasteiger partial charge in [0.05, 0.1) is 5.56 Å². The summed E-state index contributed by atoms with van der Waals surface area (Å²) in [5.41, 5.74) is 1.19. The predicted molar refractivity (Wildman–Crippen MR) is 76.8 cm³/mol. The van der Waals surface area contributed by atoms with Crippen molar-refractivity contribution in [3.63, 3.8) is 0 Å². The molecule has 2 aromatic rings. The Bertz CT molecular complexity index is 777. The predicted octanol–water partition coefficient (Wildman–Crippen LogP) is 3.66. The Morgan fingerprint density at radius 3 is 1.55 bits per heavy atom. The van der Waals surface area contributed by atoms with Crippen LogP contribution in [-0.2, 0) is 11.0 Å². The molecule has 0 unspecified atom stereocenters. The van der Waals surface area contributed by atoms with Gasteiger partial charge in [-0.3, -0.25) is 4.79 Å². The molecule has 22 heavy (non-hydrogen) atoms. The quantitative estimate of drug-likeness (QED) is 0.536. The summed E-state index contributed by atoms with van der Waals surface area (Å²) in [5.74, 6) is 10.6. The van der Waals surface area contributed by atoms with Gasteiger partial charge < -0.3 is 0 Å². The Kier molecular flexibility index (Phi) is 4.66. The third-order valence-corrected chi connectivity index (χ3v) is 2.72. The Hall–Kier alpha value is -2.98. The minimum atomic E-state index is -4.34. The fraction of sp³-hybridized carbons (Fsp3) is 0.0556. The maximum Gasteiger partial charge on any atom is 0.416 e. The topological polar surface area (TPSA) is 17.1 Å². The van der Waals surface area contributed by atoms with E-state index in [1.807, 2.05) is 0 Å². The lowest BCUT2D eigenvalue weighted by atomic mass is 10.1. The lowest BCUT2D eigenvalue weighted by Crippen LogP contribution is -2.04. The average molecular weight is 298 g/mol. The lowest BCUT2D eigenvalue weighted by molar-refractivity contribution is -0.137. The third-order valence-electron chi connectivity index (χ3n) is 2.72. The van der Waals surface area contributed by atoms with Gasteiger partial charge in [0.2, 0.25) is 0 Å². The highest BCUT2D eigenvalue weighted by atomic mass is 19.4. The molecule has 0 heterocycles. The van der Waals surface area contributed by atoms with Crippen LogP contribution in [0.5, 0.6) is 0 Å². The fourth-order valence-corrected chi connectivity index (χ4v) is 1.64. The van der Waals surface area contributed by atoms with Crippen LogP contribution in [0.25, 0.3) is 0 Å². The summed E-state index contributed by atoms with van der Waals surface area (Å²) in [6.07, 6.45) is -3.83. The summed E-state index contributed by atoms with van der Waals surface area (Å²) in [5, 5.41) is 0. The van der Waals surface area contributed by atoms with Gasteiger partial charge in [-0.15, -0.1) is 0 Å². The van der Waals surface area contributed by atoms with Crippen molar-refractivity contribution in [2.75, 3.05) is 0 Å². The van der Waals surface area contributed by atoms with Crippen LogP contribution in [0.3, 0.4) is 0 Å². The van der Waals surface area contributed by atoms with Gasteiger partial charge in [0, 0.05) is 16.7 Å². The zero-order chi connectivity index (χ0) is 16.0. The molecular weight excluding hydrogens is 289 g/mol. The molecule has 0 fully saturated rings. The first-order chi connectivity index (χ1) is 10.5. The van der Waals surface area contributed by atoms with Gasteiger partial charge in [-0.25, -0.2) is 0 Å². The number of alkyl halides is 3. The van der Waals surface area contributed by atoms with Crippen molar-refractivity contribution in [3.8, 4) is 23.7 Å². The molecule has 0 aliphatic carbocycles. The van der Waals surface area contributed by atoms with Crippen molar-refractivity contribution >= 4 is 6.29 Å². The van der Waals surface area contributed by atoms with Crippen molar-refractivity contribution in [3.05, 3.63) is 70.8 Å².